The summed E-state index contributed by atoms with van der Waals surface area (Å²) in [6.45, 7) is 2.15. The molecule has 1 N–H and O–H groups in total. The lowest BCUT2D eigenvalue weighted by Gasteiger charge is -2.27. The Labute approximate surface area is 128 Å². The molecule has 1 aromatic rings. The third-order valence-corrected chi connectivity index (χ3v) is 3.77. The summed E-state index contributed by atoms with van der Waals surface area (Å²) in [5.74, 6) is -2.12. The van der Waals surface area contributed by atoms with Crippen molar-refractivity contribution in [2.24, 2.45) is 5.92 Å². The van der Waals surface area contributed by atoms with Gasteiger partial charge in [-0.15, -0.1) is 0 Å². The van der Waals surface area contributed by atoms with Gasteiger partial charge in [0.1, 0.15) is 0 Å². The van der Waals surface area contributed by atoms with Crippen LogP contribution in [0, 0.1) is 11.7 Å². The molecule has 0 radical (unpaired) electrons. The number of carbonyl (C=O) groups excluding carboxylic acids is 1. The number of carboxylic acids is 1. The van der Waals surface area contributed by atoms with Crippen molar-refractivity contribution in [3.05, 3.63) is 29.6 Å². The SMILES string of the molecule is CCOC(=O)[C@H]1CC[C@@H](Oc2ccc(C(=O)O)cc2F)CC1. The molecule has 1 saturated carbocycles. The van der Waals surface area contributed by atoms with Crippen molar-refractivity contribution in [3.63, 3.8) is 0 Å². The van der Waals surface area contributed by atoms with Gasteiger partial charge in [0.15, 0.2) is 11.6 Å². The number of benzene rings is 1. The van der Waals surface area contributed by atoms with Crippen LogP contribution in [0.4, 0.5) is 4.39 Å². The lowest BCUT2D eigenvalue weighted by molar-refractivity contribution is -0.149. The molecule has 5 nitrogen and oxygen atoms in total. The topological polar surface area (TPSA) is 72.8 Å². The Morgan fingerprint density at radius 2 is 1.95 bits per heavy atom. The summed E-state index contributed by atoms with van der Waals surface area (Å²) in [4.78, 5) is 22.4. The fourth-order valence-electron chi connectivity index (χ4n) is 2.59. The normalized spacial score (nSPS) is 21.2. The lowest BCUT2D eigenvalue weighted by Crippen LogP contribution is -2.29. The van der Waals surface area contributed by atoms with E-state index in [0.717, 1.165) is 6.07 Å². The molecule has 1 aromatic carbocycles. The quantitative estimate of drug-likeness (QED) is 0.846. The van der Waals surface area contributed by atoms with E-state index < -0.39 is 11.8 Å². The fourth-order valence-corrected chi connectivity index (χ4v) is 2.59. The van der Waals surface area contributed by atoms with E-state index in [1.165, 1.54) is 12.1 Å². The molecule has 2 rings (SSSR count). The maximum atomic E-state index is 13.8. The van der Waals surface area contributed by atoms with E-state index >= 15 is 0 Å². The van der Waals surface area contributed by atoms with Crippen molar-refractivity contribution in [1.29, 1.82) is 0 Å². The third kappa shape index (κ3) is 3.96. The Morgan fingerprint density at radius 3 is 2.50 bits per heavy atom. The van der Waals surface area contributed by atoms with E-state index in [0.29, 0.717) is 32.3 Å². The Balaban J connectivity index is 1.91. The van der Waals surface area contributed by atoms with Gasteiger partial charge < -0.3 is 14.6 Å². The van der Waals surface area contributed by atoms with Crippen molar-refractivity contribution >= 4 is 11.9 Å². The maximum absolute atomic E-state index is 13.8. The van der Waals surface area contributed by atoms with Crippen LogP contribution in [-0.2, 0) is 9.53 Å². The first-order valence-corrected chi connectivity index (χ1v) is 7.37. The zero-order valence-electron chi connectivity index (χ0n) is 12.4. The summed E-state index contributed by atoms with van der Waals surface area (Å²) in [5.41, 5.74) is -0.115. The van der Waals surface area contributed by atoms with Gasteiger partial charge in [-0.1, -0.05) is 0 Å². The molecule has 1 aliphatic rings. The van der Waals surface area contributed by atoms with E-state index in [1.54, 1.807) is 6.92 Å². The first-order valence-electron chi connectivity index (χ1n) is 7.37. The number of aromatic carboxylic acids is 1. The van der Waals surface area contributed by atoms with Gasteiger partial charge in [-0.2, -0.15) is 0 Å². The van der Waals surface area contributed by atoms with Crippen molar-refractivity contribution in [3.8, 4) is 5.75 Å². The number of carboxylic acid groups (broad SMARTS) is 1. The van der Waals surface area contributed by atoms with E-state index in [1.807, 2.05) is 0 Å². The fraction of sp³-hybridized carbons (Fsp3) is 0.500. The minimum atomic E-state index is -1.18. The van der Waals surface area contributed by atoms with Gasteiger partial charge in [-0.3, -0.25) is 4.79 Å². The summed E-state index contributed by atoms with van der Waals surface area (Å²) in [5, 5.41) is 8.80. The molecule has 0 aromatic heterocycles. The van der Waals surface area contributed by atoms with Crippen molar-refractivity contribution in [2.45, 2.75) is 38.7 Å². The number of esters is 1. The summed E-state index contributed by atoms with van der Waals surface area (Å²) in [6, 6.07) is 3.59. The molecule has 0 spiro atoms. The Bertz CT molecular complexity index is 549. The van der Waals surface area contributed by atoms with Crippen LogP contribution in [0.2, 0.25) is 0 Å². The molecule has 120 valence electrons. The predicted molar refractivity (Wildman–Crippen MR) is 76.4 cm³/mol. The van der Waals surface area contributed by atoms with Gasteiger partial charge in [0.05, 0.1) is 24.2 Å². The molecule has 0 heterocycles. The predicted octanol–water partition coefficient (Wildman–Crippen LogP) is 3.02. The molecule has 1 aliphatic carbocycles. The van der Waals surface area contributed by atoms with Gasteiger partial charge in [-0.05, 0) is 50.8 Å². The van der Waals surface area contributed by atoms with Crippen LogP contribution in [0.15, 0.2) is 18.2 Å². The number of hydrogen-bond acceptors (Lipinski definition) is 4. The Morgan fingerprint density at radius 1 is 1.27 bits per heavy atom. The number of carbonyl (C=O) groups is 2. The largest absolute Gasteiger partial charge is 0.487 e. The molecule has 6 heteroatoms. The highest BCUT2D eigenvalue weighted by molar-refractivity contribution is 5.87. The van der Waals surface area contributed by atoms with Crippen LogP contribution in [0.3, 0.4) is 0 Å². The smallest absolute Gasteiger partial charge is 0.335 e. The molecule has 1 fully saturated rings. The summed E-state index contributed by atoms with van der Waals surface area (Å²) in [6.07, 6.45) is 2.42. The summed E-state index contributed by atoms with van der Waals surface area (Å²) >= 11 is 0. The third-order valence-electron chi connectivity index (χ3n) is 3.77. The second kappa shape index (κ2) is 7.24. The Kier molecular flexibility index (Phi) is 5.35. The molecule has 0 unspecified atom stereocenters. The second-order valence-electron chi connectivity index (χ2n) is 5.29. The Hall–Kier alpha value is -2.11. The number of halogens is 1. The van der Waals surface area contributed by atoms with Gasteiger partial charge in [0.25, 0.3) is 0 Å². The van der Waals surface area contributed by atoms with Crippen LogP contribution in [0.25, 0.3) is 0 Å². The van der Waals surface area contributed by atoms with E-state index in [9.17, 15) is 14.0 Å². The van der Waals surface area contributed by atoms with Crippen molar-refractivity contribution in [1.82, 2.24) is 0 Å². The zero-order valence-corrected chi connectivity index (χ0v) is 12.4. The van der Waals surface area contributed by atoms with E-state index in [2.05, 4.69) is 0 Å². The molecule has 0 bridgehead atoms. The van der Waals surface area contributed by atoms with Gasteiger partial charge >= 0.3 is 11.9 Å². The average Bonchev–Trinajstić information content (AvgIpc) is 2.50. The molecule has 22 heavy (non-hydrogen) atoms. The second-order valence-corrected chi connectivity index (χ2v) is 5.29. The van der Waals surface area contributed by atoms with E-state index in [4.69, 9.17) is 14.6 Å². The number of ether oxygens (including phenoxy) is 2. The van der Waals surface area contributed by atoms with Crippen LogP contribution in [0.5, 0.6) is 5.75 Å². The maximum Gasteiger partial charge on any atom is 0.335 e. The average molecular weight is 310 g/mol. The molecule has 0 atom stereocenters. The monoisotopic (exact) mass is 310 g/mol. The minimum Gasteiger partial charge on any atom is -0.487 e. The molecular weight excluding hydrogens is 291 g/mol. The first-order chi connectivity index (χ1) is 10.5. The highest BCUT2D eigenvalue weighted by Gasteiger charge is 2.28. The molecule has 0 amide bonds. The highest BCUT2D eigenvalue weighted by atomic mass is 19.1. The standard InChI is InChI=1S/C16H19FO5/c1-2-21-16(20)10-3-6-12(7-4-10)22-14-8-5-11(15(18)19)9-13(14)17/h5,8-10,12H,2-4,6-7H2,1H3,(H,18,19)/t10-,12+. The molecular formula is C16H19FO5. The summed E-state index contributed by atoms with van der Waals surface area (Å²) < 4.78 is 24.4. The van der Waals surface area contributed by atoms with Gasteiger partial charge in [-0.25, -0.2) is 9.18 Å². The number of hydrogen-bond donors (Lipinski definition) is 1. The van der Waals surface area contributed by atoms with Crippen LogP contribution in [-0.4, -0.2) is 29.8 Å². The minimum absolute atomic E-state index is 0.0459. The molecule has 0 saturated heterocycles. The lowest BCUT2D eigenvalue weighted by atomic mass is 9.87. The highest BCUT2D eigenvalue weighted by Crippen LogP contribution is 2.29. The van der Waals surface area contributed by atoms with Crippen LogP contribution >= 0.6 is 0 Å². The number of rotatable bonds is 5. The van der Waals surface area contributed by atoms with Crippen molar-refractivity contribution < 1.29 is 28.6 Å². The molecule has 0 aliphatic heterocycles. The van der Waals surface area contributed by atoms with E-state index in [-0.39, 0.29) is 29.3 Å². The first kappa shape index (κ1) is 16.3. The van der Waals surface area contributed by atoms with Gasteiger partial charge in [0.2, 0.25) is 0 Å². The van der Waals surface area contributed by atoms with Crippen LogP contribution < -0.4 is 4.74 Å². The van der Waals surface area contributed by atoms with Gasteiger partial charge in [0, 0.05) is 0 Å². The summed E-state index contributed by atoms with van der Waals surface area (Å²) in [7, 11) is 0. The zero-order chi connectivity index (χ0) is 16.1. The van der Waals surface area contributed by atoms with Crippen LogP contribution in [0.1, 0.15) is 43.0 Å². The van der Waals surface area contributed by atoms with Crippen molar-refractivity contribution in [2.75, 3.05) is 6.61 Å².